The Balaban J connectivity index is 1.52. The molecular formula is C19H17N5O4S. The van der Waals surface area contributed by atoms with Gasteiger partial charge < -0.3 is 9.84 Å². The molecule has 0 saturated heterocycles. The highest BCUT2D eigenvalue weighted by molar-refractivity contribution is 7.15. The summed E-state index contributed by atoms with van der Waals surface area (Å²) in [5, 5.41) is 24.5. The van der Waals surface area contributed by atoms with Crippen molar-refractivity contribution in [2.45, 2.75) is 6.42 Å². The van der Waals surface area contributed by atoms with Crippen molar-refractivity contribution in [1.29, 1.82) is 0 Å². The lowest BCUT2D eigenvalue weighted by molar-refractivity contribution is -0.120. The summed E-state index contributed by atoms with van der Waals surface area (Å²) in [5.41, 5.74) is 3.27. The van der Waals surface area contributed by atoms with E-state index in [1.807, 2.05) is 0 Å². The van der Waals surface area contributed by atoms with Gasteiger partial charge in [0.2, 0.25) is 11.0 Å². The van der Waals surface area contributed by atoms with Crippen LogP contribution in [0.25, 0.3) is 0 Å². The number of ether oxygens (including phenoxy) is 1. The second-order valence-electron chi connectivity index (χ2n) is 5.71. The van der Waals surface area contributed by atoms with Gasteiger partial charge in [0, 0.05) is 11.1 Å². The highest BCUT2D eigenvalue weighted by atomic mass is 32.1. The lowest BCUT2D eigenvalue weighted by Crippen LogP contribution is -2.19. The van der Waals surface area contributed by atoms with Gasteiger partial charge in [-0.15, -0.1) is 10.2 Å². The first kappa shape index (κ1) is 20.0. The molecule has 9 nitrogen and oxygen atoms in total. The Morgan fingerprint density at radius 2 is 1.93 bits per heavy atom. The Morgan fingerprint density at radius 3 is 2.66 bits per heavy atom. The number of hydrogen-bond donors (Lipinski definition) is 3. The summed E-state index contributed by atoms with van der Waals surface area (Å²) in [5.74, 6) is -0.0318. The van der Waals surface area contributed by atoms with Gasteiger partial charge in [0.05, 0.1) is 19.7 Å². The van der Waals surface area contributed by atoms with Crippen LogP contribution in [-0.4, -0.2) is 40.4 Å². The van der Waals surface area contributed by atoms with Crippen molar-refractivity contribution in [2.75, 3.05) is 12.4 Å². The third-order valence-electron chi connectivity index (χ3n) is 3.68. The molecule has 0 atom stereocenters. The fourth-order valence-corrected chi connectivity index (χ4v) is 2.97. The van der Waals surface area contributed by atoms with Crippen molar-refractivity contribution >= 4 is 34.5 Å². The molecule has 10 heteroatoms. The van der Waals surface area contributed by atoms with Gasteiger partial charge in [-0.2, -0.15) is 5.10 Å². The Morgan fingerprint density at radius 1 is 1.17 bits per heavy atom. The van der Waals surface area contributed by atoms with E-state index < -0.39 is 5.91 Å². The maximum atomic E-state index is 12.2. The molecular weight excluding hydrogens is 394 g/mol. The third-order valence-corrected chi connectivity index (χ3v) is 4.52. The minimum Gasteiger partial charge on any atom is -0.507 e. The van der Waals surface area contributed by atoms with Crippen molar-refractivity contribution in [2.24, 2.45) is 5.10 Å². The Hall–Kier alpha value is -3.79. The SMILES string of the molecule is COc1ccc(C(=O)Nc2nnc(CC(=O)NN=Cc3ccccc3O)s2)cc1. The van der Waals surface area contributed by atoms with Crippen LogP contribution in [0.15, 0.2) is 53.6 Å². The summed E-state index contributed by atoms with van der Waals surface area (Å²) in [7, 11) is 1.55. The summed E-state index contributed by atoms with van der Waals surface area (Å²) in [6.07, 6.45) is 1.29. The summed E-state index contributed by atoms with van der Waals surface area (Å²) in [6.45, 7) is 0. The molecule has 0 saturated carbocycles. The van der Waals surface area contributed by atoms with Crippen molar-refractivity contribution in [3.05, 3.63) is 64.7 Å². The number of para-hydroxylation sites is 1. The zero-order valence-electron chi connectivity index (χ0n) is 15.3. The largest absolute Gasteiger partial charge is 0.507 e. The zero-order valence-corrected chi connectivity index (χ0v) is 16.1. The molecule has 0 aliphatic heterocycles. The number of methoxy groups -OCH3 is 1. The minimum atomic E-state index is -0.402. The number of aromatic hydroxyl groups is 1. The van der Waals surface area contributed by atoms with E-state index in [0.29, 0.717) is 21.9 Å². The van der Waals surface area contributed by atoms with Crippen LogP contribution < -0.4 is 15.5 Å². The van der Waals surface area contributed by atoms with Crippen LogP contribution >= 0.6 is 11.3 Å². The molecule has 0 spiro atoms. The number of nitrogens with zero attached hydrogens (tertiary/aromatic N) is 3. The molecule has 0 unspecified atom stereocenters. The van der Waals surface area contributed by atoms with Gasteiger partial charge in [0.1, 0.15) is 16.5 Å². The van der Waals surface area contributed by atoms with Crippen molar-refractivity contribution < 1.29 is 19.4 Å². The highest BCUT2D eigenvalue weighted by Gasteiger charge is 2.12. The van der Waals surface area contributed by atoms with E-state index in [4.69, 9.17) is 4.74 Å². The zero-order chi connectivity index (χ0) is 20.6. The van der Waals surface area contributed by atoms with Crippen LogP contribution in [0.3, 0.4) is 0 Å². The Labute approximate surface area is 170 Å². The van der Waals surface area contributed by atoms with Crippen molar-refractivity contribution in [3.8, 4) is 11.5 Å². The molecule has 0 radical (unpaired) electrons. The van der Waals surface area contributed by atoms with Gasteiger partial charge in [-0.05, 0) is 36.4 Å². The third kappa shape index (κ3) is 5.59. The van der Waals surface area contributed by atoms with Gasteiger partial charge in [0.25, 0.3) is 5.91 Å². The second kappa shape index (κ2) is 9.42. The van der Waals surface area contributed by atoms with Crippen LogP contribution in [0.2, 0.25) is 0 Å². The first-order chi connectivity index (χ1) is 14.0. The summed E-state index contributed by atoms with van der Waals surface area (Å²) in [4.78, 5) is 24.2. The summed E-state index contributed by atoms with van der Waals surface area (Å²) in [6, 6.07) is 13.2. The van der Waals surface area contributed by atoms with E-state index in [2.05, 4.69) is 26.0 Å². The lowest BCUT2D eigenvalue weighted by atomic mass is 10.2. The van der Waals surface area contributed by atoms with Crippen LogP contribution in [0, 0.1) is 0 Å². The number of rotatable bonds is 7. The second-order valence-corrected chi connectivity index (χ2v) is 6.77. The molecule has 3 rings (SSSR count). The number of nitrogens with one attached hydrogen (secondary N) is 2. The van der Waals surface area contributed by atoms with E-state index in [1.165, 1.54) is 12.3 Å². The number of aromatic nitrogens is 2. The minimum absolute atomic E-state index is 0.0474. The number of hydrogen-bond acceptors (Lipinski definition) is 8. The smallest absolute Gasteiger partial charge is 0.257 e. The fourth-order valence-electron chi connectivity index (χ4n) is 2.23. The molecule has 2 aromatic carbocycles. The topological polar surface area (TPSA) is 126 Å². The van der Waals surface area contributed by atoms with Gasteiger partial charge >= 0.3 is 0 Å². The molecule has 0 fully saturated rings. The van der Waals surface area contributed by atoms with E-state index in [-0.39, 0.29) is 23.2 Å². The molecule has 148 valence electrons. The lowest BCUT2D eigenvalue weighted by Gasteiger charge is -2.02. The van der Waals surface area contributed by atoms with E-state index in [0.717, 1.165) is 11.3 Å². The molecule has 3 N–H and O–H groups in total. The predicted molar refractivity (Wildman–Crippen MR) is 108 cm³/mol. The van der Waals surface area contributed by atoms with E-state index >= 15 is 0 Å². The molecule has 3 aromatic rings. The first-order valence-corrected chi connectivity index (χ1v) is 9.24. The van der Waals surface area contributed by atoms with Crippen LogP contribution in [0.4, 0.5) is 5.13 Å². The molecule has 2 amide bonds. The van der Waals surface area contributed by atoms with Crippen LogP contribution in [-0.2, 0) is 11.2 Å². The van der Waals surface area contributed by atoms with Crippen LogP contribution in [0.1, 0.15) is 20.9 Å². The summed E-state index contributed by atoms with van der Waals surface area (Å²) >= 11 is 1.09. The van der Waals surface area contributed by atoms with Gasteiger partial charge in [-0.1, -0.05) is 23.5 Å². The highest BCUT2D eigenvalue weighted by Crippen LogP contribution is 2.18. The number of carbonyl (C=O) groups is 2. The maximum absolute atomic E-state index is 12.2. The van der Waals surface area contributed by atoms with Crippen LogP contribution in [0.5, 0.6) is 11.5 Å². The van der Waals surface area contributed by atoms with Crippen molar-refractivity contribution in [3.63, 3.8) is 0 Å². The predicted octanol–water partition coefficient (Wildman–Crippen LogP) is 2.20. The normalized spacial score (nSPS) is 10.7. The molecule has 1 aromatic heterocycles. The number of phenolic OH excluding ortho intramolecular Hbond substituents is 1. The molecule has 0 aliphatic carbocycles. The number of anilines is 1. The number of phenols is 1. The monoisotopic (exact) mass is 411 g/mol. The fraction of sp³-hybridized carbons (Fsp3) is 0.105. The average molecular weight is 411 g/mol. The number of amides is 2. The average Bonchev–Trinajstić information content (AvgIpc) is 3.16. The van der Waals surface area contributed by atoms with Gasteiger partial charge in [0.15, 0.2) is 0 Å². The molecule has 0 aliphatic rings. The van der Waals surface area contributed by atoms with E-state index in [1.54, 1.807) is 49.6 Å². The standard InChI is InChI=1S/C19H17N5O4S/c1-28-14-8-6-12(7-9-14)18(27)21-19-24-23-17(29-19)10-16(26)22-20-11-13-4-2-3-5-15(13)25/h2-9,11,25H,10H2,1H3,(H,22,26)(H,21,24,27). The maximum Gasteiger partial charge on any atom is 0.257 e. The number of carbonyl (C=O) groups excluding carboxylic acids is 2. The van der Waals surface area contributed by atoms with Crippen molar-refractivity contribution in [1.82, 2.24) is 15.6 Å². The first-order valence-electron chi connectivity index (χ1n) is 8.43. The Kier molecular flexibility index (Phi) is 6.48. The van der Waals surface area contributed by atoms with E-state index in [9.17, 15) is 14.7 Å². The number of hydrazone groups is 1. The van der Waals surface area contributed by atoms with Gasteiger partial charge in [-0.25, -0.2) is 5.43 Å². The molecule has 0 bridgehead atoms. The summed E-state index contributed by atoms with van der Waals surface area (Å²) < 4.78 is 5.05. The number of benzene rings is 2. The molecule has 1 heterocycles. The quantitative estimate of drug-likeness (QED) is 0.404. The Bertz CT molecular complexity index is 1030. The molecule has 29 heavy (non-hydrogen) atoms. The van der Waals surface area contributed by atoms with Gasteiger partial charge in [-0.3, -0.25) is 14.9 Å².